The van der Waals surface area contributed by atoms with Crippen molar-refractivity contribution in [3.63, 3.8) is 0 Å². The van der Waals surface area contributed by atoms with Gasteiger partial charge in [0, 0.05) is 6.61 Å². The summed E-state index contributed by atoms with van der Waals surface area (Å²) in [6.45, 7) is 17.6. The normalized spacial score (nSPS) is 12.4. The average Bonchev–Trinajstić information content (AvgIpc) is 2.54. The number of benzene rings is 1. The molecule has 0 atom stereocenters. The minimum atomic E-state index is 0.166. The molecule has 0 aromatic heterocycles. The lowest BCUT2D eigenvalue weighted by molar-refractivity contribution is 0.00585. The third-order valence-electron chi connectivity index (χ3n) is 3.96. The summed E-state index contributed by atoms with van der Waals surface area (Å²) in [5.41, 5.74) is 1.80. The maximum Gasteiger partial charge on any atom is 0.119 e. The molecule has 0 fully saturated rings. The highest BCUT2D eigenvalue weighted by molar-refractivity contribution is 5.31. The first kappa shape index (κ1) is 22.9. The highest BCUT2D eigenvalue weighted by Crippen LogP contribution is 2.24. The van der Waals surface area contributed by atoms with Crippen molar-refractivity contribution in [1.82, 2.24) is 0 Å². The molecule has 1 rings (SSSR count). The molecule has 150 valence electrons. The van der Waals surface area contributed by atoms with Gasteiger partial charge >= 0.3 is 0 Å². The van der Waals surface area contributed by atoms with E-state index in [1.54, 1.807) is 0 Å². The van der Waals surface area contributed by atoms with Gasteiger partial charge in [0.2, 0.25) is 0 Å². The third-order valence-corrected chi connectivity index (χ3v) is 3.96. The molecule has 0 spiro atoms. The van der Waals surface area contributed by atoms with Crippen LogP contribution in [0.3, 0.4) is 0 Å². The topological polar surface area (TPSA) is 36.9 Å². The van der Waals surface area contributed by atoms with Gasteiger partial charge in [-0.3, -0.25) is 0 Å². The van der Waals surface area contributed by atoms with Crippen molar-refractivity contribution in [1.29, 1.82) is 0 Å². The van der Waals surface area contributed by atoms with E-state index < -0.39 is 0 Å². The minimum absolute atomic E-state index is 0.166. The van der Waals surface area contributed by atoms with Crippen LogP contribution in [0.4, 0.5) is 0 Å². The van der Waals surface area contributed by atoms with Crippen LogP contribution < -0.4 is 4.74 Å². The quantitative estimate of drug-likeness (QED) is 0.496. The first-order chi connectivity index (χ1) is 12.2. The van der Waals surface area contributed by atoms with Gasteiger partial charge in [-0.25, -0.2) is 0 Å². The number of ether oxygens (including phenoxy) is 4. The predicted octanol–water partition coefficient (Wildman–Crippen LogP) is 4.85. The molecule has 0 aliphatic heterocycles. The number of hydrogen-bond donors (Lipinski definition) is 0. The second-order valence-electron chi connectivity index (χ2n) is 8.77. The van der Waals surface area contributed by atoms with Crippen molar-refractivity contribution in [2.45, 2.75) is 53.4 Å². The summed E-state index contributed by atoms with van der Waals surface area (Å²) in [7, 11) is 0. The Kier molecular flexibility index (Phi) is 10.2. The summed E-state index contributed by atoms with van der Waals surface area (Å²) in [6.07, 6.45) is 1.06. The molecule has 0 saturated heterocycles. The molecule has 0 aliphatic rings. The smallest absolute Gasteiger partial charge is 0.119 e. The molecule has 0 N–H and O–H groups in total. The first-order valence-corrected chi connectivity index (χ1v) is 9.65. The lowest BCUT2D eigenvalue weighted by atomic mass is 9.87. The van der Waals surface area contributed by atoms with E-state index in [9.17, 15) is 0 Å². The zero-order chi connectivity index (χ0) is 19.5. The van der Waals surface area contributed by atoms with Gasteiger partial charge in [-0.1, -0.05) is 53.7 Å². The average molecular weight is 367 g/mol. The SMILES string of the molecule is CC(C)(C)CCOCCOCCOCCOc1ccc(C(C)(C)C)cc1. The molecule has 0 saturated carbocycles. The molecule has 26 heavy (non-hydrogen) atoms. The molecule has 1 aromatic rings. The Morgan fingerprint density at radius 2 is 1.08 bits per heavy atom. The van der Waals surface area contributed by atoms with Gasteiger partial charge in [0.25, 0.3) is 0 Å². The van der Waals surface area contributed by atoms with Gasteiger partial charge in [0.1, 0.15) is 12.4 Å². The zero-order valence-electron chi connectivity index (χ0n) is 17.6. The molecule has 0 aliphatic carbocycles. The van der Waals surface area contributed by atoms with Gasteiger partial charge in [0.05, 0.1) is 33.0 Å². The largest absolute Gasteiger partial charge is 0.491 e. The van der Waals surface area contributed by atoms with E-state index in [0.717, 1.165) is 18.8 Å². The summed E-state index contributed by atoms with van der Waals surface area (Å²) in [4.78, 5) is 0. The van der Waals surface area contributed by atoms with E-state index >= 15 is 0 Å². The summed E-state index contributed by atoms with van der Waals surface area (Å²) < 4.78 is 22.2. The highest BCUT2D eigenvalue weighted by atomic mass is 16.6. The molecular formula is C22H38O4. The maximum atomic E-state index is 5.69. The highest BCUT2D eigenvalue weighted by Gasteiger charge is 2.12. The van der Waals surface area contributed by atoms with Gasteiger partial charge in [-0.2, -0.15) is 0 Å². The predicted molar refractivity (Wildman–Crippen MR) is 107 cm³/mol. The van der Waals surface area contributed by atoms with Gasteiger partial charge in [-0.05, 0) is 34.9 Å². The summed E-state index contributed by atoms with van der Waals surface area (Å²) in [5.74, 6) is 0.880. The van der Waals surface area contributed by atoms with E-state index in [0.29, 0.717) is 45.1 Å². The molecule has 0 amide bonds. The Morgan fingerprint density at radius 1 is 0.615 bits per heavy atom. The first-order valence-electron chi connectivity index (χ1n) is 9.65. The van der Waals surface area contributed by atoms with Crippen LogP contribution in [0.15, 0.2) is 24.3 Å². The van der Waals surface area contributed by atoms with E-state index in [1.165, 1.54) is 5.56 Å². The van der Waals surface area contributed by atoms with Crippen LogP contribution in [0, 0.1) is 5.41 Å². The van der Waals surface area contributed by atoms with Crippen LogP contribution in [-0.2, 0) is 19.6 Å². The number of hydrogen-bond acceptors (Lipinski definition) is 4. The monoisotopic (exact) mass is 366 g/mol. The standard InChI is InChI=1S/C22H38O4/c1-21(2,3)11-12-23-13-14-24-15-16-25-17-18-26-20-9-7-19(8-10-20)22(4,5)6/h7-10H,11-18H2,1-6H3. The fourth-order valence-electron chi connectivity index (χ4n) is 2.19. The molecule has 0 heterocycles. The fraction of sp³-hybridized carbons (Fsp3) is 0.727. The van der Waals surface area contributed by atoms with Crippen LogP contribution in [0.2, 0.25) is 0 Å². The molecule has 0 unspecified atom stereocenters. The fourth-order valence-corrected chi connectivity index (χ4v) is 2.19. The molecule has 4 heteroatoms. The van der Waals surface area contributed by atoms with Crippen LogP contribution in [0.5, 0.6) is 5.75 Å². The maximum absolute atomic E-state index is 5.69. The number of rotatable bonds is 12. The summed E-state index contributed by atoms with van der Waals surface area (Å²) in [6, 6.07) is 8.27. The van der Waals surface area contributed by atoms with Crippen molar-refractivity contribution in [3.05, 3.63) is 29.8 Å². The Bertz CT molecular complexity index is 468. The lowest BCUT2D eigenvalue weighted by Crippen LogP contribution is -2.14. The van der Waals surface area contributed by atoms with Gasteiger partial charge in [-0.15, -0.1) is 0 Å². The molecular weight excluding hydrogens is 328 g/mol. The van der Waals surface area contributed by atoms with Crippen molar-refractivity contribution in [2.24, 2.45) is 5.41 Å². The zero-order valence-corrected chi connectivity index (χ0v) is 17.6. The molecule has 4 nitrogen and oxygen atoms in total. The summed E-state index contributed by atoms with van der Waals surface area (Å²) in [5, 5.41) is 0. The second-order valence-corrected chi connectivity index (χ2v) is 8.77. The Balaban J connectivity index is 1.93. The molecule has 0 radical (unpaired) electrons. The van der Waals surface area contributed by atoms with Crippen LogP contribution in [-0.4, -0.2) is 46.2 Å². The van der Waals surface area contributed by atoms with Crippen molar-refractivity contribution < 1.29 is 18.9 Å². The van der Waals surface area contributed by atoms with Crippen LogP contribution in [0.1, 0.15) is 53.5 Å². The summed E-state index contributed by atoms with van der Waals surface area (Å²) >= 11 is 0. The van der Waals surface area contributed by atoms with E-state index in [-0.39, 0.29) is 5.41 Å². The minimum Gasteiger partial charge on any atom is -0.491 e. The lowest BCUT2D eigenvalue weighted by Gasteiger charge is -2.19. The van der Waals surface area contributed by atoms with Crippen LogP contribution >= 0.6 is 0 Å². The Morgan fingerprint density at radius 3 is 1.54 bits per heavy atom. The van der Waals surface area contributed by atoms with E-state index in [2.05, 4.69) is 53.7 Å². The van der Waals surface area contributed by atoms with Gasteiger partial charge in [0.15, 0.2) is 0 Å². The van der Waals surface area contributed by atoms with E-state index in [1.807, 2.05) is 12.1 Å². The van der Waals surface area contributed by atoms with Crippen LogP contribution in [0.25, 0.3) is 0 Å². The Hall–Kier alpha value is -1.10. The van der Waals surface area contributed by atoms with E-state index in [4.69, 9.17) is 18.9 Å². The van der Waals surface area contributed by atoms with Crippen molar-refractivity contribution in [3.8, 4) is 5.75 Å². The third kappa shape index (κ3) is 11.5. The van der Waals surface area contributed by atoms with Crippen molar-refractivity contribution >= 4 is 0 Å². The molecule has 0 bridgehead atoms. The molecule has 1 aromatic carbocycles. The second kappa shape index (κ2) is 11.6. The Labute approximate surface area is 160 Å². The van der Waals surface area contributed by atoms with Gasteiger partial charge < -0.3 is 18.9 Å². The van der Waals surface area contributed by atoms with Crippen molar-refractivity contribution in [2.75, 3.05) is 46.2 Å².